The molecule has 0 radical (unpaired) electrons. The van der Waals surface area contributed by atoms with Crippen LogP contribution in [-0.4, -0.2) is 45.6 Å². The lowest BCUT2D eigenvalue weighted by Gasteiger charge is -2.32. The highest BCUT2D eigenvalue weighted by atomic mass is 16.3. The second-order valence-corrected chi connectivity index (χ2v) is 7.31. The minimum atomic E-state index is -1.20. The van der Waals surface area contributed by atoms with Gasteiger partial charge in [0, 0.05) is 30.6 Å². The maximum absolute atomic E-state index is 12.4. The zero-order chi connectivity index (χ0) is 20.8. The summed E-state index contributed by atoms with van der Waals surface area (Å²) in [6, 6.07) is 0. The van der Waals surface area contributed by atoms with Gasteiger partial charge in [-0.15, -0.1) is 0 Å². The Hall–Kier alpha value is -1.40. The number of carbonyl (C=O) groups excluding carboxylic acids is 4. The zero-order valence-corrected chi connectivity index (χ0v) is 17.0. The van der Waals surface area contributed by atoms with Gasteiger partial charge in [-0.2, -0.15) is 0 Å². The van der Waals surface area contributed by atoms with Crippen molar-refractivity contribution >= 4 is 23.1 Å². The second kappa shape index (κ2) is 10.7. The van der Waals surface area contributed by atoms with Gasteiger partial charge in [0.1, 0.15) is 23.1 Å². The van der Waals surface area contributed by atoms with Crippen molar-refractivity contribution in [3.05, 3.63) is 0 Å². The number of rotatable bonds is 12. The third-order valence-electron chi connectivity index (χ3n) is 5.52. The van der Waals surface area contributed by atoms with Gasteiger partial charge in [-0.25, -0.2) is 0 Å². The Morgan fingerprint density at radius 3 is 1.15 bits per heavy atom. The van der Waals surface area contributed by atoms with Gasteiger partial charge in [0.25, 0.3) is 0 Å². The molecule has 0 fully saturated rings. The van der Waals surface area contributed by atoms with Gasteiger partial charge in [-0.1, -0.05) is 34.6 Å². The van der Waals surface area contributed by atoms with Crippen molar-refractivity contribution in [3.8, 4) is 0 Å². The van der Waals surface area contributed by atoms with Crippen LogP contribution in [0.3, 0.4) is 0 Å². The molecule has 0 saturated heterocycles. The highest BCUT2D eigenvalue weighted by molar-refractivity contribution is 6.03. The Morgan fingerprint density at radius 1 is 0.654 bits per heavy atom. The molecule has 0 aromatic heterocycles. The van der Waals surface area contributed by atoms with Crippen molar-refractivity contribution in [1.29, 1.82) is 0 Å². The molecule has 0 spiro atoms. The number of ketones is 4. The van der Waals surface area contributed by atoms with Crippen molar-refractivity contribution in [2.75, 3.05) is 0 Å². The molecule has 0 aromatic carbocycles. The van der Waals surface area contributed by atoms with E-state index in [0.29, 0.717) is 0 Å². The van der Waals surface area contributed by atoms with Crippen LogP contribution in [0.15, 0.2) is 0 Å². The van der Waals surface area contributed by atoms with Crippen LogP contribution in [-0.2, 0) is 19.2 Å². The molecule has 0 heterocycles. The van der Waals surface area contributed by atoms with Gasteiger partial charge in [-0.05, 0) is 13.8 Å². The molecule has 0 aliphatic heterocycles. The van der Waals surface area contributed by atoms with Crippen LogP contribution in [0.5, 0.6) is 0 Å². The summed E-state index contributed by atoms with van der Waals surface area (Å²) in [5, 5.41) is 21.0. The number of Topliss-reactive ketones (excluding diaryl/α,β-unsaturated/α-hetero) is 4. The first-order chi connectivity index (χ1) is 11.9. The monoisotopic (exact) mass is 370 g/mol. The van der Waals surface area contributed by atoms with Crippen LogP contribution in [0.1, 0.15) is 61.3 Å². The van der Waals surface area contributed by atoms with Crippen molar-refractivity contribution in [2.24, 2.45) is 29.6 Å². The molecule has 26 heavy (non-hydrogen) atoms. The fraction of sp³-hybridized carbons (Fsp3) is 0.800. The van der Waals surface area contributed by atoms with E-state index in [9.17, 15) is 29.4 Å². The predicted molar refractivity (Wildman–Crippen MR) is 98.4 cm³/mol. The molecule has 150 valence electrons. The Morgan fingerprint density at radius 2 is 0.923 bits per heavy atom. The lowest BCUT2D eigenvalue weighted by molar-refractivity contribution is -0.139. The highest BCUT2D eigenvalue weighted by Crippen LogP contribution is 2.26. The van der Waals surface area contributed by atoms with E-state index in [1.807, 2.05) is 0 Å². The smallest absolute Gasteiger partial charge is 0.148 e. The maximum atomic E-state index is 12.4. The molecule has 6 nitrogen and oxygen atoms in total. The molecule has 0 saturated carbocycles. The van der Waals surface area contributed by atoms with E-state index >= 15 is 0 Å². The standard InChI is InChI=1S/C20H34O6/c1-8-15(21)10(3)17(23)12(5)19(25)14(7)20(26)13(6)18(24)11(4)16(22)9-2/h10-14,19-20,25-26H,8-9H2,1-7H3/t10-,11-,12-,13-,14?,19-,20+/m1/s1. The van der Waals surface area contributed by atoms with Gasteiger partial charge in [0.15, 0.2) is 0 Å². The third-order valence-corrected chi connectivity index (χ3v) is 5.52. The highest BCUT2D eigenvalue weighted by Gasteiger charge is 2.38. The molecule has 2 N–H and O–H groups in total. The normalized spacial score (nSPS) is 19.6. The fourth-order valence-corrected chi connectivity index (χ4v) is 3.17. The van der Waals surface area contributed by atoms with Crippen LogP contribution in [0.2, 0.25) is 0 Å². The summed E-state index contributed by atoms with van der Waals surface area (Å²) in [7, 11) is 0. The molecule has 1 unspecified atom stereocenters. The van der Waals surface area contributed by atoms with E-state index in [-0.39, 0.29) is 36.0 Å². The number of hydrogen-bond donors (Lipinski definition) is 2. The van der Waals surface area contributed by atoms with E-state index < -0.39 is 41.8 Å². The molecule has 7 atom stereocenters. The number of aliphatic hydroxyl groups excluding tert-OH is 2. The van der Waals surface area contributed by atoms with Crippen molar-refractivity contribution in [3.63, 3.8) is 0 Å². The summed E-state index contributed by atoms with van der Waals surface area (Å²) in [6.45, 7) is 11.0. The van der Waals surface area contributed by atoms with Crippen molar-refractivity contribution < 1.29 is 29.4 Å². The zero-order valence-electron chi connectivity index (χ0n) is 17.0. The number of aliphatic hydroxyl groups is 2. The molecule has 0 amide bonds. The third kappa shape index (κ3) is 5.81. The minimum absolute atomic E-state index is 0.197. The molecule has 0 rings (SSSR count). The largest absolute Gasteiger partial charge is 0.392 e. The van der Waals surface area contributed by atoms with Gasteiger partial charge >= 0.3 is 0 Å². The predicted octanol–water partition coefficient (Wildman–Crippen LogP) is 1.99. The first kappa shape index (κ1) is 24.6. The van der Waals surface area contributed by atoms with E-state index in [1.165, 1.54) is 27.7 Å². The summed E-state index contributed by atoms with van der Waals surface area (Å²) >= 11 is 0. The average molecular weight is 370 g/mol. The van der Waals surface area contributed by atoms with Crippen LogP contribution in [0, 0.1) is 29.6 Å². The molecular weight excluding hydrogens is 336 g/mol. The van der Waals surface area contributed by atoms with E-state index in [0.717, 1.165) is 0 Å². The summed E-state index contributed by atoms with van der Waals surface area (Å²) in [5.74, 6) is -5.22. The summed E-state index contributed by atoms with van der Waals surface area (Å²) in [5.41, 5.74) is 0. The lowest BCUT2D eigenvalue weighted by Crippen LogP contribution is -2.44. The molecule has 6 heteroatoms. The first-order valence-corrected chi connectivity index (χ1v) is 9.41. The SMILES string of the molecule is CCC(=O)[C@@H](C)C(=O)[C@@H](C)[C@H](O)C(C)[C@H](O)[C@H](C)C(=O)[C@H](C)C(=O)CC. The van der Waals surface area contributed by atoms with Crippen LogP contribution >= 0.6 is 0 Å². The van der Waals surface area contributed by atoms with E-state index in [1.54, 1.807) is 20.8 Å². The maximum Gasteiger partial charge on any atom is 0.148 e. The van der Waals surface area contributed by atoms with Gasteiger partial charge in [0.2, 0.25) is 0 Å². The molecule has 0 aliphatic carbocycles. The molecule has 0 bridgehead atoms. The molecule has 0 aliphatic rings. The van der Waals surface area contributed by atoms with Gasteiger partial charge < -0.3 is 10.2 Å². The van der Waals surface area contributed by atoms with Gasteiger partial charge in [0.05, 0.1) is 24.0 Å². The lowest BCUT2D eigenvalue weighted by atomic mass is 9.77. The van der Waals surface area contributed by atoms with Crippen molar-refractivity contribution in [1.82, 2.24) is 0 Å². The Kier molecular flexibility index (Phi) is 10.1. The van der Waals surface area contributed by atoms with Gasteiger partial charge in [-0.3, -0.25) is 19.2 Å². The Labute approximate surface area is 156 Å². The summed E-state index contributed by atoms with van der Waals surface area (Å²) in [4.78, 5) is 48.2. The van der Waals surface area contributed by atoms with E-state index in [2.05, 4.69) is 0 Å². The van der Waals surface area contributed by atoms with E-state index in [4.69, 9.17) is 0 Å². The topological polar surface area (TPSA) is 109 Å². The van der Waals surface area contributed by atoms with Crippen LogP contribution in [0.25, 0.3) is 0 Å². The minimum Gasteiger partial charge on any atom is -0.392 e. The van der Waals surface area contributed by atoms with Crippen LogP contribution in [0.4, 0.5) is 0 Å². The average Bonchev–Trinajstić information content (AvgIpc) is 2.66. The fourth-order valence-electron chi connectivity index (χ4n) is 3.17. The summed E-state index contributed by atoms with van der Waals surface area (Å²) in [6.07, 6.45) is -1.92. The Balaban J connectivity index is 5.12. The Bertz CT molecular complexity index is 480. The first-order valence-electron chi connectivity index (χ1n) is 9.41. The molecular formula is C20H34O6. The summed E-state index contributed by atoms with van der Waals surface area (Å²) < 4.78 is 0. The second-order valence-electron chi connectivity index (χ2n) is 7.31. The molecule has 0 aromatic rings. The number of carbonyl (C=O) groups is 4. The van der Waals surface area contributed by atoms with Crippen molar-refractivity contribution in [2.45, 2.75) is 73.5 Å². The van der Waals surface area contributed by atoms with Crippen LogP contribution < -0.4 is 0 Å². The quantitative estimate of drug-likeness (QED) is 0.509. The number of hydrogen-bond acceptors (Lipinski definition) is 6.